The van der Waals surface area contributed by atoms with E-state index >= 15 is 0 Å². The fourth-order valence-corrected chi connectivity index (χ4v) is 1.65. The summed E-state index contributed by atoms with van der Waals surface area (Å²) < 4.78 is 41.1. The van der Waals surface area contributed by atoms with E-state index in [4.69, 9.17) is 10.5 Å². The van der Waals surface area contributed by atoms with E-state index in [0.717, 1.165) is 5.56 Å². The molecule has 0 saturated carbocycles. The maximum Gasteiger partial charge on any atom is 0.389 e. The first-order valence-electron chi connectivity index (χ1n) is 5.39. The molecule has 1 unspecified atom stereocenters. The summed E-state index contributed by atoms with van der Waals surface area (Å²) in [5.74, 6) is 0.618. The molecule has 0 heterocycles. The minimum absolute atomic E-state index is 0.0305. The maximum atomic E-state index is 12.0. The van der Waals surface area contributed by atoms with Crippen molar-refractivity contribution in [3.05, 3.63) is 29.8 Å². The molecule has 0 fully saturated rings. The molecule has 1 aromatic rings. The Balaban J connectivity index is 2.55. The maximum absolute atomic E-state index is 12.0. The molecular formula is C12H16F3NO. The van der Waals surface area contributed by atoms with Crippen molar-refractivity contribution >= 4 is 0 Å². The second-order valence-corrected chi connectivity index (χ2v) is 3.86. The molecule has 0 radical (unpaired) electrons. The van der Waals surface area contributed by atoms with Gasteiger partial charge in [0.25, 0.3) is 0 Å². The van der Waals surface area contributed by atoms with Crippen LogP contribution in [-0.2, 0) is 0 Å². The third kappa shape index (κ3) is 4.65. The lowest BCUT2D eigenvalue weighted by atomic mass is 10.0. The van der Waals surface area contributed by atoms with Crippen LogP contribution in [0.1, 0.15) is 30.9 Å². The molecule has 17 heavy (non-hydrogen) atoms. The van der Waals surface area contributed by atoms with Gasteiger partial charge in [0.2, 0.25) is 0 Å². The topological polar surface area (TPSA) is 35.2 Å². The van der Waals surface area contributed by atoms with Crippen LogP contribution in [0.5, 0.6) is 5.75 Å². The third-order valence-corrected chi connectivity index (χ3v) is 2.51. The van der Waals surface area contributed by atoms with Gasteiger partial charge < -0.3 is 10.5 Å². The van der Waals surface area contributed by atoms with Crippen LogP contribution in [0.2, 0.25) is 0 Å². The lowest BCUT2D eigenvalue weighted by Gasteiger charge is -2.15. The molecule has 0 bridgehead atoms. The number of hydrogen-bond acceptors (Lipinski definition) is 2. The van der Waals surface area contributed by atoms with Gasteiger partial charge >= 0.3 is 6.18 Å². The van der Waals surface area contributed by atoms with Crippen molar-refractivity contribution in [2.75, 3.05) is 7.11 Å². The molecule has 1 aromatic carbocycles. The number of para-hydroxylation sites is 1. The second kappa shape index (κ2) is 5.91. The Hall–Kier alpha value is -1.23. The summed E-state index contributed by atoms with van der Waals surface area (Å²) in [6, 6.07) is 6.69. The van der Waals surface area contributed by atoms with Gasteiger partial charge in [-0.2, -0.15) is 13.2 Å². The first kappa shape index (κ1) is 13.8. The largest absolute Gasteiger partial charge is 0.496 e. The second-order valence-electron chi connectivity index (χ2n) is 3.86. The number of rotatable bonds is 5. The van der Waals surface area contributed by atoms with Crippen molar-refractivity contribution in [1.29, 1.82) is 0 Å². The van der Waals surface area contributed by atoms with E-state index in [1.54, 1.807) is 24.3 Å². The summed E-state index contributed by atoms with van der Waals surface area (Å²) in [7, 11) is 1.52. The Kier molecular flexibility index (Phi) is 4.81. The zero-order chi connectivity index (χ0) is 12.9. The molecule has 0 spiro atoms. The van der Waals surface area contributed by atoms with E-state index in [1.165, 1.54) is 7.11 Å². The molecule has 1 atom stereocenters. The Morgan fingerprint density at radius 2 is 1.94 bits per heavy atom. The van der Waals surface area contributed by atoms with Gasteiger partial charge in [-0.25, -0.2) is 0 Å². The average Bonchev–Trinajstić information content (AvgIpc) is 2.27. The summed E-state index contributed by atoms with van der Waals surface area (Å²) in [5.41, 5.74) is 6.60. The fourth-order valence-electron chi connectivity index (χ4n) is 1.65. The highest BCUT2D eigenvalue weighted by Crippen LogP contribution is 2.29. The predicted octanol–water partition coefficient (Wildman–Crippen LogP) is 3.43. The highest BCUT2D eigenvalue weighted by atomic mass is 19.4. The van der Waals surface area contributed by atoms with Gasteiger partial charge in [-0.15, -0.1) is 0 Å². The van der Waals surface area contributed by atoms with Crippen molar-refractivity contribution < 1.29 is 17.9 Å². The molecular weight excluding hydrogens is 231 g/mol. The summed E-state index contributed by atoms with van der Waals surface area (Å²) >= 11 is 0. The van der Waals surface area contributed by atoms with E-state index in [2.05, 4.69) is 0 Å². The SMILES string of the molecule is COc1ccccc1C(N)CCCC(F)(F)F. The van der Waals surface area contributed by atoms with Crippen LogP contribution in [-0.4, -0.2) is 13.3 Å². The van der Waals surface area contributed by atoms with Gasteiger partial charge in [-0.05, 0) is 18.9 Å². The molecule has 2 nitrogen and oxygen atoms in total. The van der Waals surface area contributed by atoms with Crippen LogP contribution < -0.4 is 10.5 Å². The zero-order valence-electron chi connectivity index (χ0n) is 9.63. The highest BCUT2D eigenvalue weighted by molar-refractivity contribution is 5.35. The van der Waals surface area contributed by atoms with Gasteiger partial charge in [0.05, 0.1) is 7.11 Å². The number of benzene rings is 1. The van der Waals surface area contributed by atoms with Gasteiger partial charge in [0.1, 0.15) is 5.75 Å². The molecule has 5 heteroatoms. The fraction of sp³-hybridized carbons (Fsp3) is 0.500. The summed E-state index contributed by atoms with van der Waals surface area (Å²) in [6.07, 6.45) is -4.58. The smallest absolute Gasteiger partial charge is 0.389 e. The minimum atomic E-state index is -4.11. The van der Waals surface area contributed by atoms with Crippen molar-refractivity contribution in [3.8, 4) is 5.75 Å². The Morgan fingerprint density at radius 1 is 1.29 bits per heavy atom. The van der Waals surface area contributed by atoms with Crippen molar-refractivity contribution in [3.63, 3.8) is 0 Å². The molecule has 2 N–H and O–H groups in total. The number of halogens is 3. The van der Waals surface area contributed by atoms with Crippen molar-refractivity contribution in [1.82, 2.24) is 0 Å². The van der Waals surface area contributed by atoms with Crippen LogP contribution in [0.15, 0.2) is 24.3 Å². The zero-order valence-corrected chi connectivity index (χ0v) is 9.63. The number of alkyl halides is 3. The van der Waals surface area contributed by atoms with Crippen molar-refractivity contribution in [2.45, 2.75) is 31.5 Å². The van der Waals surface area contributed by atoms with E-state index in [1.807, 2.05) is 0 Å². The van der Waals surface area contributed by atoms with E-state index in [0.29, 0.717) is 12.2 Å². The van der Waals surface area contributed by atoms with Crippen LogP contribution in [0, 0.1) is 0 Å². The van der Waals surface area contributed by atoms with Gasteiger partial charge in [0.15, 0.2) is 0 Å². The van der Waals surface area contributed by atoms with Crippen LogP contribution >= 0.6 is 0 Å². The number of methoxy groups -OCH3 is 1. The lowest BCUT2D eigenvalue weighted by Crippen LogP contribution is -2.14. The summed E-state index contributed by atoms with van der Waals surface area (Å²) in [6.45, 7) is 0. The molecule has 0 aliphatic rings. The normalized spacial score (nSPS) is 13.5. The number of nitrogens with two attached hydrogens (primary N) is 1. The molecule has 1 rings (SSSR count). The highest BCUT2D eigenvalue weighted by Gasteiger charge is 2.26. The Morgan fingerprint density at radius 3 is 2.53 bits per heavy atom. The summed E-state index contributed by atoms with van der Waals surface area (Å²) in [4.78, 5) is 0. The lowest BCUT2D eigenvalue weighted by molar-refractivity contribution is -0.135. The molecule has 0 saturated heterocycles. The predicted molar refractivity (Wildman–Crippen MR) is 59.8 cm³/mol. The molecule has 0 aliphatic heterocycles. The van der Waals surface area contributed by atoms with Crippen LogP contribution in [0.3, 0.4) is 0 Å². The summed E-state index contributed by atoms with van der Waals surface area (Å²) in [5, 5.41) is 0. The third-order valence-electron chi connectivity index (χ3n) is 2.51. The van der Waals surface area contributed by atoms with Gasteiger partial charge in [-0.3, -0.25) is 0 Å². The van der Waals surface area contributed by atoms with Gasteiger partial charge in [-0.1, -0.05) is 18.2 Å². The molecule has 0 amide bonds. The minimum Gasteiger partial charge on any atom is -0.496 e. The van der Waals surface area contributed by atoms with Gasteiger partial charge in [0, 0.05) is 18.0 Å². The Labute approximate surface area is 98.6 Å². The van der Waals surface area contributed by atoms with Crippen LogP contribution in [0.4, 0.5) is 13.2 Å². The molecule has 96 valence electrons. The molecule has 0 aliphatic carbocycles. The first-order chi connectivity index (χ1) is 7.94. The standard InChI is InChI=1S/C12H16F3NO/c1-17-11-7-3-2-5-9(11)10(16)6-4-8-12(13,14)15/h2-3,5,7,10H,4,6,8,16H2,1H3. The van der Waals surface area contributed by atoms with Crippen LogP contribution in [0.25, 0.3) is 0 Å². The van der Waals surface area contributed by atoms with E-state index < -0.39 is 18.6 Å². The number of hydrogen-bond donors (Lipinski definition) is 1. The van der Waals surface area contributed by atoms with Crippen molar-refractivity contribution in [2.24, 2.45) is 5.73 Å². The number of ether oxygens (including phenoxy) is 1. The quantitative estimate of drug-likeness (QED) is 0.865. The van der Waals surface area contributed by atoms with E-state index in [9.17, 15) is 13.2 Å². The Bertz CT molecular complexity index is 352. The monoisotopic (exact) mass is 247 g/mol. The average molecular weight is 247 g/mol. The first-order valence-corrected chi connectivity index (χ1v) is 5.39. The molecule has 0 aromatic heterocycles. The van der Waals surface area contributed by atoms with E-state index in [-0.39, 0.29) is 6.42 Å².